The monoisotopic (exact) mass is 258 g/mol. The Hall–Kier alpha value is -1.07. The number of carbonyl (C=O) groups is 1. The molecule has 0 amide bonds. The van der Waals surface area contributed by atoms with Crippen molar-refractivity contribution in [2.75, 3.05) is 19.8 Å². The van der Waals surface area contributed by atoms with E-state index in [9.17, 15) is 4.79 Å². The van der Waals surface area contributed by atoms with Crippen LogP contribution < -0.4 is 4.74 Å². The van der Waals surface area contributed by atoms with E-state index in [0.29, 0.717) is 29.8 Å². The molecule has 5 heteroatoms. The number of hydrogen-bond acceptors (Lipinski definition) is 4. The number of carboxylic acids is 1. The molecule has 0 aliphatic carbocycles. The molecular formula is C12H18O4S. The molecule has 0 saturated carbocycles. The van der Waals surface area contributed by atoms with Crippen molar-refractivity contribution >= 4 is 17.3 Å². The molecule has 17 heavy (non-hydrogen) atoms. The van der Waals surface area contributed by atoms with Gasteiger partial charge in [-0.3, -0.25) is 0 Å². The summed E-state index contributed by atoms with van der Waals surface area (Å²) < 4.78 is 10.7. The van der Waals surface area contributed by atoms with Gasteiger partial charge in [0.15, 0.2) is 0 Å². The normalized spacial score (nSPS) is 10.8. The predicted octanol–water partition coefficient (Wildman–Crippen LogP) is 2.89. The summed E-state index contributed by atoms with van der Waals surface area (Å²) in [6, 6.07) is 1.53. The summed E-state index contributed by atoms with van der Waals surface area (Å²) in [5.41, 5.74) is 0. The van der Waals surface area contributed by atoms with Crippen LogP contribution in [-0.4, -0.2) is 30.9 Å². The van der Waals surface area contributed by atoms with Crippen molar-refractivity contribution in [1.29, 1.82) is 0 Å². The zero-order valence-corrected chi connectivity index (χ0v) is 11.0. The number of hydrogen-bond donors (Lipinski definition) is 1. The third-order valence-corrected chi connectivity index (χ3v) is 3.02. The molecule has 0 bridgehead atoms. The average Bonchev–Trinajstić information content (AvgIpc) is 2.71. The second-order valence-corrected chi connectivity index (χ2v) is 5.01. The Labute approximate surface area is 105 Å². The fourth-order valence-electron chi connectivity index (χ4n) is 1.15. The minimum atomic E-state index is -0.918. The van der Waals surface area contributed by atoms with Crippen molar-refractivity contribution in [2.45, 2.75) is 20.3 Å². The van der Waals surface area contributed by atoms with Gasteiger partial charge in [-0.1, -0.05) is 13.8 Å². The number of ether oxygens (including phenoxy) is 2. The number of thiophene rings is 1. The van der Waals surface area contributed by atoms with Gasteiger partial charge in [-0.25, -0.2) is 4.79 Å². The molecule has 96 valence electrons. The zero-order chi connectivity index (χ0) is 12.7. The zero-order valence-electron chi connectivity index (χ0n) is 10.1. The lowest BCUT2D eigenvalue weighted by Crippen LogP contribution is -2.08. The number of aromatic carboxylic acids is 1. The van der Waals surface area contributed by atoms with Gasteiger partial charge in [0.25, 0.3) is 0 Å². The van der Waals surface area contributed by atoms with Crippen LogP contribution in [0, 0.1) is 5.92 Å². The van der Waals surface area contributed by atoms with E-state index in [1.165, 1.54) is 6.07 Å². The molecule has 0 fully saturated rings. The summed E-state index contributed by atoms with van der Waals surface area (Å²) in [5, 5.41) is 10.4. The van der Waals surface area contributed by atoms with Gasteiger partial charge >= 0.3 is 5.97 Å². The SMILES string of the molecule is CC(C)CCOCCOc1csc(C(=O)O)c1. The molecule has 0 atom stereocenters. The van der Waals surface area contributed by atoms with E-state index in [2.05, 4.69) is 13.8 Å². The largest absolute Gasteiger partial charge is 0.490 e. The Morgan fingerprint density at radius 3 is 2.76 bits per heavy atom. The van der Waals surface area contributed by atoms with Gasteiger partial charge in [0.2, 0.25) is 0 Å². The predicted molar refractivity (Wildman–Crippen MR) is 67.0 cm³/mol. The molecule has 0 saturated heterocycles. The van der Waals surface area contributed by atoms with E-state index < -0.39 is 5.97 Å². The van der Waals surface area contributed by atoms with Crippen LogP contribution in [0.5, 0.6) is 5.75 Å². The summed E-state index contributed by atoms with van der Waals surface area (Å²) in [7, 11) is 0. The molecule has 0 radical (unpaired) electrons. The van der Waals surface area contributed by atoms with Crippen LogP contribution in [0.15, 0.2) is 11.4 Å². The van der Waals surface area contributed by atoms with Gasteiger partial charge in [-0.2, -0.15) is 0 Å². The topological polar surface area (TPSA) is 55.8 Å². The van der Waals surface area contributed by atoms with Gasteiger partial charge in [0.1, 0.15) is 17.2 Å². The molecule has 0 spiro atoms. The van der Waals surface area contributed by atoms with E-state index in [0.717, 1.165) is 24.4 Å². The highest BCUT2D eigenvalue weighted by molar-refractivity contribution is 7.12. The average molecular weight is 258 g/mol. The molecular weight excluding hydrogens is 240 g/mol. The Morgan fingerprint density at radius 1 is 1.41 bits per heavy atom. The van der Waals surface area contributed by atoms with Crippen molar-refractivity contribution in [2.24, 2.45) is 5.92 Å². The van der Waals surface area contributed by atoms with E-state index in [4.69, 9.17) is 14.6 Å². The van der Waals surface area contributed by atoms with Crippen LogP contribution in [0.1, 0.15) is 29.9 Å². The Balaban J connectivity index is 2.11. The first kappa shape index (κ1) is 14.0. The van der Waals surface area contributed by atoms with Gasteiger partial charge in [-0.15, -0.1) is 11.3 Å². The highest BCUT2D eigenvalue weighted by Crippen LogP contribution is 2.21. The Bertz CT molecular complexity index is 346. The van der Waals surface area contributed by atoms with Gasteiger partial charge < -0.3 is 14.6 Å². The summed E-state index contributed by atoms with van der Waals surface area (Å²) in [6.07, 6.45) is 1.04. The fourth-order valence-corrected chi connectivity index (χ4v) is 1.81. The van der Waals surface area contributed by atoms with Gasteiger partial charge in [0, 0.05) is 18.1 Å². The lowest BCUT2D eigenvalue weighted by atomic mass is 10.1. The quantitative estimate of drug-likeness (QED) is 0.728. The van der Waals surface area contributed by atoms with E-state index in [-0.39, 0.29) is 0 Å². The standard InChI is InChI=1S/C12H18O4S/c1-9(2)3-4-15-5-6-16-10-7-11(12(13)14)17-8-10/h7-9H,3-6H2,1-2H3,(H,13,14). The number of carboxylic acid groups (broad SMARTS) is 1. The van der Waals surface area contributed by atoms with E-state index >= 15 is 0 Å². The van der Waals surface area contributed by atoms with Crippen LogP contribution in [0.3, 0.4) is 0 Å². The fraction of sp³-hybridized carbons (Fsp3) is 0.583. The second kappa shape index (κ2) is 7.29. The maximum absolute atomic E-state index is 10.6. The smallest absolute Gasteiger partial charge is 0.346 e. The molecule has 1 N–H and O–H groups in total. The van der Waals surface area contributed by atoms with Crippen LogP contribution >= 0.6 is 11.3 Å². The van der Waals surface area contributed by atoms with Crippen molar-refractivity contribution in [3.05, 3.63) is 16.3 Å². The van der Waals surface area contributed by atoms with Crippen molar-refractivity contribution < 1.29 is 19.4 Å². The summed E-state index contributed by atoms with van der Waals surface area (Å²) in [4.78, 5) is 10.9. The van der Waals surface area contributed by atoms with Crippen molar-refractivity contribution in [1.82, 2.24) is 0 Å². The molecule has 1 aromatic rings. The molecule has 0 aromatic carbocycles. The first-order valence-electron chi connectivity index (χ1n) is 5.62. The van der Waals surface area contributed by atoms with Crippen LogP contribution in [0.4, 0.5) is 0 Å². The maximum atomic E-state index is 10.6. The van der Waals surface area contributed by atoms with E-state index in [1.54, 1.807) is 5.38 Å². The maximum Gasteiger partial charge on any atom is 0.346 e. The van der Waals surface area contributed by atoms with Gasteiger partial charge in [-0.05, 0) is 12.3 Å². The third-order valence-electron chi connectivity index (χ3n) is 2.12. The van der Waals surface area contributed by atoms with Gasteiger partial charge in [0.05, 0.1) is 6.61 Å². The molecule has 4 nitrogen and oxygen atoms in total. The summed E-state index contributed by atoms with van der Waals surface area (Å²) >= 11 is 1.16. The Kier molecular flexibility index (Phi) is 6.00. The minimum Gasteiger partial charge on any atom is -0.490 e. The van der Waals surface area contributed by atoms with Crippen LogP contribution in [0.2, 0.25) is 0 Å². The first-order chi connectivity index (χ1) is 8.09. The molecule has 1 heterocycles. The molecule has 1 aromatic heterocycles. The number of rotatable bonds is 8. The Morgan fingerprint density at radius 2 is 2.18 bits per heavy atom. The van der Waals surface area contributed by atoms with E-state index in [1.807, 2.05) is 0 Å². The van der Waals surface area contributed by atoms with Crippen LogP contribution in [0.25, 0.3) is 0 Å². The summed E-state index contributed by atoms with van der Waals surface area (Å²) in [6.45, 7) is 6.03. The first-order valence-corrected chi connectivity index (χ1v) is 6.50. The highest BCUT2D eigenvalue weighted by Gasteiger charge is 2.07. The third kappa shape index (κ3) is 5.70. The molecule has 0 aliphatic heterocycles. The van der Waals surface area contributed by atoms with Crippen molar-refractivity contribution in [3.63, 3.8) is 0 Å². The summed E-state index contributed by atoms with van der Waals surface area (Å²) in [5.74, 6) is 0.323. The highest BCUT2D eigenvalue weighted by atomic mass is 32.1. The molecule has 0 aliphatic rings. The molecule has 0 unspecified atom stereocenters. The molecule has 1 rings (SSSR count). The minimum absolute atomic E-state index is 0.292. The lowest BCUT2D eigenvalue weighted by Gasteiger charge is -2.06. The second-order valence-electron chi connectivity index (χ2n) is 4.10. The van der Waals surface area contributed by atoms with Crippen LogP contribution in [-0.2, 0) is 4.74 Å². The van der Waals surface area contributed by atoms with Crippen molar-refractivity contribution in [3.8, 4) is 5.75 Å². The lowest BCUT2D eigenvalue weighted by molar-refractivity contribution is 0.0701.